The summed E-state index contributed by atoms with van der Waals surface area (Å²) < 4.78 is 29.9. The van der Waals surface area contributed by atoms with Gasteiger partial charge in [0.25, 0.3) is 0 Å². The van der Waals surface area contributed by atoms with E-state index >= 15 is 0 Å². The van der Waals surface area contributed by atoms with Gasteiger partial charge in [-0.1, -0.05) is 30.3 Å². The Morgan fingerprint density at radius 2 is 1.45 bits per heavy atom. The van der Waals surface area contributed by atoms with Gasteiger partial charge in [0.05, 0.1) is 4.90 Å². The smallest absolute Gasteiger partial charge is 0.243 e. The van der Waals surface area contributed by atoms with Crippen LogP contribution in [0.25, 0.3) is 16.6 Å². The van der Waals surface area contributed by atoms with Crippen LogP contribution < -0.4 is 4.90 Å². The van der Waals surface area contributed by atoms with Crippen LogP contribution in [-0.2, 0) is 10.0 Å². The second-order valence-electron chi connectivity index (χ2n) is 7.62. The number of rotatable bonds is 4. The number of aromatic nitrogens is 3. The highest BCUT2D eigenvalue weighted by molar-refractivity contribution is 7.89. The zero-order valence-corrected chi connectivity index (χ0v) is 18.0. The second kappa shape index (κ2) is 7.79. The van der Waals surface area contributed by atoms with E-state index in [0.29, 0.717) is 36.9 Å². The molecule has 0 unspecified atom stereocenters. The summed E-state index contributed by atoms with van der Waals surface area (Å²) >= 11 is 0. The lowest BCUT2D eigenvalue weighted by molar-refractivity contribution is 0.383. The fraction of sp³-hybridized carbons (Fsp3) is 0.217. The van der Waals surface area contributed by atoms with E-state index in [9.17, 15) is 8.42 Å². The van der Waals surface area contributed by atoms with E-state index in [4.69, 9.17) is 0 Å². The van der Waals surface area contributed by atoms with E-state index in [1.807, 2.05) is 72.4 Å². The summed E-state index contributed by atoms with van der Waals surface area (Å²) in [4.78, 5) is 11.5. The van der Waals surface area contributed by atoms with Crippen LogP contribution in [-0.4, -0.2) is 53.4 Å². The molecule has 2 aromatic carbocycles. The number of anilines is 1. The molecule has 1 aliphatic rings. The van der Waals surface area contributed by atoms with Gasteiger partial charge in [0.1, 0.15) is 17.5 Å². The van der Waals surface area contributed by atoms with Crippen molar-refractivity contribution in [3.63, 3.8) is 0 Å². The zero-order chi connectivity index (χ0) is 21.4. The van der Waals surface area contributed by atoms with E-state index in [-0.39, 0.29) is 0 Å². The molecule has 1 saturated heterocycles. The lowest BCUT2D eigenvalue weighted by Crippen LogP contribution is -2.49. The molecule has 7 nitrogen and oxygen atoms in total. The molecule has 0 bridgehead atoms. The third-order valence-corrected chi connectivity index (χ3v) is 7.50. The summed E-state index contributed by atoms with van der Waals surface area (Å²) in [6.45, 7) is 3.85. The first-order valence-electron chi connectivity index (χ1n) is 10.2. The third kappa shape index (κ3) is 3.80. The Morgan fingerprint density at radius 3 is 2.19 bits per heavy atom. The monoisotopic (exact) mass is 433 g/mol. The van der Waals surface area contributed by atoms with Crippen LogP contribution in [0.5, 0.6) is 0 Å². The topological polar surface area (TPSA) is 71.3 Å². The first-order valence-corrected chi connectivity index (χ1v) is 11.7. The van der Waals surface area contributed by atoms with E-state index in [1.165, 1.54) is 0 Å². The van der Waals surface area contributed by atoms with Gasteiger partial charge in [-0.05, 0) is 42.0 Å². The average molecular weight is 434 g/mol. The van der Waals surface area contributed by atoms with Crippen molar-refractivity contribution in [2.75, 3.05) is 31.1 Å². The molecule has 0 amide bonds. The summed E-state index contributed by atoms with van der Waals surface area (Å²) in [5, 5.41) is 1.96. The molecule has 0 saturated carbocycles. The Balaban J connectivity index is 1.35. The Labute approximate surface area is 181 Å². The molecule has 1 aliphatic heterocycles. The summed E-state index contributed by atoms with van der Waals surface area (Å²) in [6.07, 6.45) is 3.89. The molecule has 1 fully saturated rings. The minimum Gasteiger partial charge on any atom is -0.354 e. The third-order valence-electron chi connectivity index (χ3n) is 5.60. The average Bonchev–Trinajstić information content (AvgIpc) is 3.33. The van der Waals surface area contributed by atoms with Crippen LogP contribution in [0.15, 0.2) is 78.0 Å². The summed E-state index contributed by atoms with van der Waals surface area (Å²) in [6, 6.07) is 19.0. The molecule has 4 aromatic rings. The predicted octanol–water partition coefficient (Wildman–Crippen LogP) is 3.24. The number of fused-ring (bicyclic) bond motifs is 1. The van der Waals surface area contributed by atoms with Gasteiger partial charge >= 0.3 is 0 Å². The van der Waals surface area contributed by atoms with Crippen molar-refractivity contribution in [1.82, 2.24) is 18.8 Å². The van der Waals surface area contributed by atoms with Crippen molar-refractivity contribution in [2.24, 2.45) is 0 Å². The molecule has 31 heavy (non-hydrogen) atoms. The van der Waals surface area contributed by atoms with E-state index in [2.05, 4.69) is 14.9 Å². The number of hydrogen-bond donors (Lipinski definition) is 0. The van der Waals surface area contributed by atoms with Crippen molar-refractivity contribution in [3.8, 4) is 5.82 Å². The summed E-state index contributed by atoms with van der Waals surface area (Å²) in [5.74, 6) is 2.31. The Kier molecular flexibility index (Phi) is 4.95. The van der Waals surface area contributed by atoms with Crippen molar-refractivity contribution < 1.29 is 8.42 Å². The highest BCUT2D eigenvalue weighted by Gasteiger charge is 2.29. The Bertz CT molecular complexity index is 1330. The molecule has 2 aromatic heterocycles. The zero-order valence-electron chi connectivity index (χ0n) is 17.2. The van der Waals surface area contributed by atoms with Crippen LogP contribution in [0.3, 0.4) is 0 Å². The summed E-state index contributed by atoms with van der Waals surface area (Å²) in [5.41, 5.74) is 0. The standard InChI is InChI=1S/C23H23N5O2S/c1-18-24-22(26-10-4-5-11-26)17-23(25-18)27-12-14-28(15-13-27)31(29,30)21-9-8-19-6-2-3-7-20(19)16-21/h2-11,16-17H,12-15H2,1H3. The maximum Gasteiger partial charge on any atom is 0.243 e. The Morgan fingerprint density at radius 1 is 0.774 bits per heavy atom. The number of sulfonamides is 1. The van der Waals surface area contributed by atoms with Crippen molar-refractivity contribution in [1.29, 1.82) is 0 Å². The van der Waals surface area contributed by atoms with Crippen molar-refractivity contribution in [3.05, 3.63) is 78.9 Å². The van der Waals surface area contributed by atoms with Gasteiger partial charge in [-0.2, -0.15) is 4.31 Å². The fourth-order valence-corrected chi connectivity index (χ4v) is 5.41. The molecule has 0 spiro atoms. The van der Waals surface area contributed by atoms with Gasteiger partial charge in [0.15, 0.2) is 0 Å². The quantitative estimate of drug-likeness (QED) is 0.494. The van der Waals surface area contributed by atoms with E-state index in [1.54, 1.807) is 16.4 Å². The summed E-state index contributed by atoms with van der Waals surface area (Å²) in [7, 11) is -3.54. The molecular formula is C23H23N5O2S. The van der Waals surface area contributed by atoms with Crippen LogP contribution >= 0.6 is 0 Å². The molecule has 0 aliphatic carbocycles. The first kappa shape index (κ1) is 19.7. The van der Waals surface area contributed by atoms with Crippen LogP contribution in [0, 0.1) is 6.92 Å². The minimum atomic E-state index is -3.54. The minimum absolute atomic E-state index is 0.340. The number of nitrogens with zero attached hydrogens (tertiary/aromatic N) is 5. The highest BCUT2D eigenvalue weighted by atomic mass is 32.2. The van der Waals surface area contributed by atoms with Crippen molar-refractivity contribution >= 4 is 26.6 Å². The Hall–Kier alpha value is -3.23. The molecule has 8 heteroatoms. The molecule has 0 atom stereocenters. The highest BCUT2D eigenvalue weighted by Crippen LogP contribution is 2.24. The van der Waals surface area contributed by atoms with Crippen LogP contribution in [0.1, 0.15) is 5.82 Å². The maximum atomic E-state index is 13.2. The van der Waals surface area contributed by atoms with Crippen molar-refractivity contribution in [2.45, 2.75) is 11.8 Å². The lowest BCUT2D eigenvalue weighted by Gasteiger charge is -2.34. The largest absolute Gasteiger partial charge is 0.354 e. The van der Waals surface area contributed by atoms with Gasteiger partial charge < -0.3 is 9.47 Å². The molecule has 0 N–H and O–H groups in total. The molecule has 0 radical (unpaired) electrons. The maximum absolute atomic E-state index is 13.2. The van der Waals surface area contributed by atoms with Gasteiger partial charge in [0.2, 0.25) is 10.0 Å². The van der Waals surface area contributed by atoms with Gasteiger partial charge in [-0.3, -0.25) is 0 Å². The van der Waals surface area contributed by atoms with Gasteiger partial charge in [0, 0.05) is 44.6 Å². The number of hydrogen-bond acceptors (Lipinski definition) is 5. The van der Waals surface area contributed by atoms with Gasteiger partial charge in [-0.15, -0.1) is 0 Å². The predicted molar refractivity (Wildman–Crippen MR) is 121 cm³/mol. The van der Waals surface area contributed by atoms with E-state index < -0.39 is 10.0 Å². The molecule has 158 valence electrons. The number of benzene rings is 2. The molecule has 5 rings (SSSR count). The van der Waals surface area contributed by atoms with Crippen LogP contribution in [0.4, 0.5) is 5.82 Å². The number of piperazine rings is 1. The number of aryl methyl sites for hydroxylation is 1. The molecular weight excluding hydrogens is 410 g/mol. The first-order chi connectivity index (χ1) is 15.0. The van der Waals surface area contributed by atoms with Gasteiger partial charge in [-0.25, -0.2) is 18.4 Å². The van der Waals surface area contributed by atoms with E-state index in [0.717, 1.165) is 22.4 Å². The SMILES string of the molecule is Cc1nc(N2CCN(S(=O)(=O)c3ccc4ccccc4c3)CC2)cc(-n2cccc2)n1. The van der Waals surface area contributed by atoms with Crippen LogP contribution in [0.2, 0.25) is 0 Å². The fourth-order valence-electron chi connectivity index (χ4n) is 3.95. The normalized spacial score (nSPS) is 15.5. The second-order valence-corrected chi connectivity index (χ2v) is 9.56. The lowest BCUT2D eigenvalue weighted by atomic mass is 10.1. The molecule has 3 heterocycles.